The van der Waals surface area contributed by atoms with E-state index < -0.39 is 12.0 Å². The molecule has 5 heteroatoms. The summed E-state index contributed by atoms with van der Waals surface area (Å²) >= 11 is 1.63. The van der Waals surface area contributed by atoms with E-state index in [1.165, 1.54) is 12.7 Å². The summed E-state index contributed by atoms with van der Waals surface area (Å²) in [6, 6.07) is 7.61. The highest BCUT2D eigenvalue weighted by Crippen LogP contribution is 2.19. The lowest BCUT2D eigenvalue weighted by Gasteiger charge is -2.19. The zero-order valence-electron chi connectivity index (χ0n) is 13.0. The number of carbonyl (C=O) groups is 2. The number of hydrogen-bond acceptors (Lipinski definition) is 4. The SMILES string of the molecule is COC(=O)C(NC(=O)CCSc1ccc(C)cc1)C(C)C. The second kappa shape index (κ2) is 8.72. The van der Waals surface area contributed by atoms with Crippen molar-refractivity contribution in [1.29, 1.82) is 0 Å². The molecule has 0 radical (unpaired) electrons. The van der Waals surface area contributed by atoms with Crippen LogP contribution in [0, 0.1) is 12.8 Å². The molecule has 4 nitrogen and oxygen atoms in total. The van der Waals surface area contributed by atoms with E-state index in [9.17, 15) is 9.59 Å². The fraction of sp³-hybridized carbons (Fsp3) is 0.500. The average molecular weight is 309 g/mol. The molecule has 0 saturated carbocycles. The van der Waals surface area contributed by atoms with Crippen LogP contribution in [0.25, 0.3) is 0 Å². The molecule has 116 valence electrons. The monoisotopic (exact) mass is 309 g/mol. The van der Waals surface area contributed by atoms with Crippen LogP contribution >= 0.6 is 11.8 Å². The maximum atomic E-state index is 11.9. The van der Waals surface area contributed by atoms with Gasteiger partial charge in [0.25, 0.3) is 0 Å². The summed E-state index contributed by atoms with van der Waals surface area (Å²) in [7, 11) is 1.33. The fourth-order valence-corrected chi connectivity index (χ4v) is 2.62. The van der Waals surface area contributed by atoms with Crippen molar-refractivity contribution >= 4 is 23.6 Å². The highest BCUT2D eigenvalue weighted by Gasteiger charge is 2.24. The van der Waals surface area contributed by atoms with Gasteiger partial charge in [0, 0.05) is 17.1 Å². The summed E-state index contributed by atoms with van der Waals surface area (Å²) in [5.41, 5.74) is 1.22. The van der Waals surface area contributed by atoms with Gasteiger partial charge in [-0.3, -0.25) is 4.79 Å². The molecule has 1 amide bonds. The smallest absolute Gasteiger partial charge is 0.328 e. The van der Waals surface area contributed by atoms with Crippen LogP contribution in [0.15, 0.2) is 29.2 Å². The van der Waals surface area contributed by atoms with E-state index >= 15 is 0 Å². The van der Waals surface area contributed by atoms with Gasteiger partial charge in [-0.2, -0.15) is 0 Å². The third-order valence-corrected chi connectivity index (χ3v) is 4.07. The van der Waals surface area contributed by atoms with E-state index in [1.54, 1.807) is 11.8 Å². The molecule has 1 rings (SSSR count). The van der Waals surface area contributed by atoms with Gasteiger partial charge in [0.1, 0.15) is 6.04 Å². The Labute approximate surface area is 130 Å². The number of amides is 1. The molecular formula is C16H23NO3S. The van der Waals surface area contributed by atoms with E-state index in [4.69, 9.17) is 4.74 Å². The summed E-state index contributed by atoms with van der Waals surface area (Å²) < 4.78 is 4.70. The van der Waals surface area contributed by atoms with Crippen molar-refractivity contribution in [2.75, 3.05) is 12.9 Å². The normalized spacial score (nSPS) is 12.0. The number of hydrogen-bond donors (Lipinski definition) is 1. The van der Waals surface area contributed by atoms with Crippen LogP contribution in [0.1, 0.15) is 25.8 Å². The van der Waals surface area contributed by atoms with E-state index in [-0.39, 0.29) is 11.8 Å². The van der Waals surface area contributed by atoms with E-state index in [0.717, 1.165) is 4.90 Å². The van der Waals surface area contributed by atoms with Crippen LogP contribution in [-0.2, 0) is 14.3 Å². The average Bonchev–Trinajstić information content (AvgIpc) is 2.45. The van der Waals surface area contributed by atoms with Gasteiger partial charge in [0.2, 0.25) is 5.91 Å². The molecule has 0 aliphatic heterocycles. The molecule has 0 aliphatic rings. The molecule has 0 aliphatic carbocycles. The molecule has 1 N–H and O–H groups in total. The molecule has 0 saturated heterocycles. The predicted molar refractivity (Wildman–Crippen MR) is 85.3 cm³/mol. The second-order valence-electron chi connectivity index (χ2n) is 5.22. The van der Waals surface area contributed by atoms with Crippen LogP contribution in [0.2, 0.25) is 0 Å². The van der Waals surface area contributed by atoms with E-state index in [0.29, 0.717) is 12.2 Å². The molecule has 0 bridgehead atoms. The zero-order chi connectivity index (χ0) is 15.8. The summed E-state index contributed by atoms with van der Waals surface area (Å²) in [5, 5.41) is 2.74. The number of rotatable bonds is 7. The van der Waals surface area contributed by atoms with Crippen molar-refractivity contribution in [1.82, 2.24) is 5.32 Å². The van der Waals surface area contributed by atoms with Crippen molar-refractivity contribution < 1.29 is 14.3 Å². The van der Waals surface area contributed by atoms with Gasteiger partial charge in [-0.25, -0.2) is 4.79 Å². The van der Waals surface area contributed by atoms with Crippen LogP contribution in [0.5, 0.6) is 0 Å². The number of aryl methyl sites for hydroxylation is 1. The first-order valence-electron chi connectivity index (χ1n) is 7.00. The third kappa shape index (κ3) is 6.21. The Morgan fingerprint density at radius 1 is 1.24 bits per heavy atom. The van der Waals surface area contributed by atoms with Crippen molar-refractivity contribution in [2.24, 2.45) is 5.92 Å². The molecule has 1 aromatic carbocycles. The standard InChI is InChI=1S/C16H23NO3S/c1-11(2)15(16(19)20-4)17-14(18)9-10-21-13-7-5-12(3)6-8-13/h5-8,11,15H,9-10H2,1-4H3,(H,17,18). The zero-order valence-corrected chi connectivity index (χ0v) is 13.8. The Bertz CT molecular complexity index is 471. The van der Waals surface area contributed by atoms with Crippen molar-refractivity contribution in [3.05, 3.63) is 29.8 Å². The summed E-state index contributed by atoms with van der Waals surface area (Å²) in [6.07, 6.45) is 0.374. The molecule has 0 spiro atoms. The molecule has 21 heavy (non-hydrogen) atoms. The number of esters is 1. The van der Waals surface area contributed by atoms with Crippen molar-refractivity contribution in [3.63, 3.8) is 0 Å². The third-order valence-electron chi connectivity index (χ3n) is 3.06. The Kier molecular flexibility index (Phi) is 7.29. The lowest BCUT2D eigenvalue weighted by Crippen LogP contribution is -2.45. The highest BCUT2D eigenvalue weighted by molar-refractivity contribution is 7.99. The number of ether oxygens (including phenoxy) is 1. The topological polar surface area (TPSA) is 55.4 Å². The Morgan fingerprint density at radius 3 is 2.38 bits per heavy atom. The lowest BCUT2D eigenvalue weighted by molar-refractivity contribution is -0.146. The largest absolute Gasteiger partial charge is 0.467 e. The molecule has 0 aromatic heterocycles. The fourth-order valence-electron chi connectivity index (χ4n) is 1.77. The summed E-state index contributed by atoms with van der Waals surface area (Å²) in [6.45, 7) is 5.80. The van der Waals surface area contributed by atoms with Gasteiger partial charge in [0.15, 0.2) is 0 Å². The van der Waals surface area contributed by atoms with Gasteiger partial charge >= 0.3 is 5.97 Å². The number of thioether (sulfide) groups is 1. The van der Waals surface area contributed by atoms with E-state index in [1.807, 2.05) is 32.9 Å². The predicted octanol–water partition coefficient (Wildman–Crippen LogP) is 2.79. The number of carbonyl (C=O) groups excluding carboxylic acids is 2. The first-order chi connectivity index (χ1) is 9.93. The minimum absolute atomic E-state index is 0.00570. The van der Waals surface area contributed by atoms with Crippen LogP contribution in [0.4, 0.5) is 0 Å². The van der Waals surface area contributed by atoms with Crippen LogP contribution in [-0.4, -0.2) is 30.8 Å². The van der Waals surface area contributed by atoms with Crippen molar-refractivity contribution in [3.8, 4) is 0 Å². The Morgan fingerprint density at radius 2 is 1.86 bits per heavy atom. The van der Waals surface area contributed by atoms with Crippen molar-refractivity contribution in [2.45, 2.75) is 38.1 Å². The number of benzene rings is 1. The van der Waals surface area contributed by atoms with Gasteiger partial charge in [-0.1, -0.05) is 31.5 Å². The van der Waals surface area contributed by atoms with E-state index in [2.05, 4.69) is 17.4 Å². The van der Waals surface area contributed by atoms with Crippen LogP contribution in [0.3, 0.4) is 0 Å². The first kappa shape index (κ1) is 17.6. The maximum Gasteiger partial charge on any atom is 0.328 e. The van der Waals surface area contributed by atoms with Crippen LogP contribution < -0.4 is 5.32 Å². The second-order valence-corrected chi connectivity index (χ2v) is 6.39. The van der Waals surface area contributed by atoms with Gasteiger partial charge in [-0.15, -0.1) is 11.8 Å². The minimum atomic E-state index is -0.577. The minimum Gasteiger partial charge on any atom is -0.467 e. The number of methoxy groups -OCH3 is 1. The first-order valence-corrected chi connectivity index (χ1v) is 7.99. The molecule has 1 aromatic rings. The molecular weight excluding hydrogens is 286 g/mol. The van der Waals surface area contributed by atoms with Gasteiger partial charge < -0.3 is 10.1 Å². The van der Waals surface area contributed by atoms with Gasteiger partial charge in [0.05, 0.1) is 7.11 Å². The summed E-state index contributed by atoms with van der Waals surface area (Å²) in [4.78, 5) is 24.6. The number of nitrogens with one attached hydrogen (secondary N) is 1. The lowest BCUT2D eigenvalue weighted by atomic mass is 10.0. The highest BCUT2D eigenvalue weighted by atomic mass is 32.2. The molecule has 0 fully saturated rings. The maximum absolute atomic E-state index is 11.9. The van der Waals surface area contributed by atoms with Gasteiger partial charge in [-0.05, 0) is 25.0 Å². The molecule has 1 unspecified atom stereocenters. The molecule has 1 atom stereocenters. The Hall–Kier alpha value is -1.49. The quantitative estimate of drug-likeness (QED) is 0.621. The summed E-state index contributed by atoms with van der Waals surface area (Å²) in [5.74, 6) is 0.162. The Balaban J connectivity index is 2.39. The molecule has 0 heterocycles.